The van der Waals surface area contributed by atoms with Gasteiger partial charge in [0.25, 0.3) is 0 Å². The molecular formula is C40H50N3O7+. The van der Waals surface area contributed by atoms with E-state index < -0.39 is 23.4 Å². The predicted molar refractivity (Wildman–Crippen MR) is 194 cm³/mol. The highest BCUT2D eigenvalue weighted by Gasteiger charge is 2.47. The van der Waals surface area contributed by atoms with Gasteiger partial charge >= 0.3 is 5.97 Å². The molecule has 266 valence electrons. The summed E-state index contributed by atoms with van der Waals surface area (Å²) in [5.41, 5.74) is 5.40. The lowest BCUT2D eigenvalue weighted by molar-refractivity contribution is -0.525. The van der Waals surface area contributed by atoms with Gasteiger partial charge in [-0.05, 0) is 89.3 Å². The second kappa shape index (κ2) is 14.5. The van der Waals surface area contributed by atoms with E-state index in [0.29, 0.717) is 48.5 Å². The maximum atomic E-state index is 13.5. The Morgan fingerprint density at radius 1 is 1.06 bits per heavy atom. The molecule has 3 atom stereocenters. The van der Waals surface area contributed by atoms with Crippen molar-refractivity contribution < 1.29 is 38.6 Å². The van der Waals surface area contributed by atoms with E-state index in [2.05, 4.69) is 24.1 Å². The third-order valence-corrected chi connectivity index (χ3v) is 10.5. The number of aliphatic hydroxyl groups excluding tert-OH is 1. The van der Waals surface area contributed by atoms with Gasteiger partial charge in [-0.3, -0.25) is 9.59 Å². The van der Waals surface area contributed by atoms with Crippen LogP contribution in [0.1, 0.15) is 68.9 Å². The van der Waals surface area contributed by atoms with E-state index in [4.69, 9.17) is 9.47 Å². The third-order valence-electron chi connectivity index (χ3n) is 10.5. The first-order valence-electron chi connectivity index (χ1n) is 17.6. The summed E-state index contributed by atoms with van der Waals surface area (Å²) in [6.07, 6.45) is 6.55. The first-order valence-corrected chi connectivity index (χ1v) is 17.6. The summed E-state index contributed by atoms with van der Waals surface area (Å²) in [5, 5.41) is 24.6. The van der Waals surface area contributed by atoms with Gasteiger partial charge < -0.3 is 29.9 Å². The fourth-order valence-electron chi connectivity index (χ4n) is 7.22. The number of likely N-dealkylation sites (N-methyl/N-ethyl adjacent to an activating group) is 1. The van der Waals surface area contributed by atoms with Crippen molar-refractivity contribution >= 4 is 34.6 Å². The summed E-state index contributed by atoms with van der Waals surface area (Å²) >= 11 is 0. The molecule has 1 heterocycles. The van der Waals surface area contributed by atoms with E-state index in [1.54, 1.807) is 6.92 Å². The molecule has 2 aliphatic carbocycles. The molecule has 0 saturated carbocycles. The monoisotopic (exact) mass is 684 g/mol. The number of ether oxygens (including phenoxy) is 2. The highest BCUT2D eigenvalue weighted by Crippen LogP contribution is 2.45. The smallest absolute Gasteiger partial charge is 0.350 e. The predicted octanol–water partition coefficient (Wildman–Crippen LogP) is 5.64. The van der Waals surface area contributed by atoms with E-state index >= 15 is 0 Å². The lowest BCUT2D eigenvalue weighted by Crippen LogP contribution is -2.46. The molecule has 2 aromatic carbocycles. The highest BCUT2D eigenvalue weighted by molar-refractivity contribution is 6.30. The fraction of sp³-hybridized carbons (Fsp3) is 0.450. The topological polar surface area (TPSA) is 128 Å². The molecular weight excluding hydrogens is 634 g/mol. The van der Waals surface area contributed by atoms with Gasteiger partial charge in [-0.25, -0.2) is 9.37 Å². The van der Waals surface area contributed by atoms with Crippen molar-refractivity contribution in [2.24, 2.45) is 11.8 Å². The molecule has 3 N–H and O–H groups in total. The largest absolute Gasteiger partial charge is 0.511 e. The van der Waals surface area contributed by atoms with E-state index in [0.717, 1.165) is 46.7 Å². The number of hydrogen-bond donors (Lipinski definition) is 3. The third kappa shape index (κ3) is 6.67. The van der Waals surface area contributed by atoms with E-state index in [-0.39, 0.29) is 29.8 Å². The number of rotatable bonds is 11. The molecule has 0 bridgehead atoms. The van der Waals surface area contributed by atoms with Crippen LogP contribution in [0.2, 0.25) is 0 Å². The Balaban J connectivity index is 1.30. The number of fused-ring (bicyclic) bond motifs is 1. The number of hydrogen-bond acceptors (Lipinski definition) is 8. The van der Waals surface area contributed by atoms with Crippen LogP contribution in [-0.2, 0) is 25.5 Å². The van der Waals surface area contributed by atoms with E-state index in [1.807, 2.05) is 74.8 Å². The molecule has 1 aliphatic heterocycles. The second-order valence-corrected chi connectivity index (χ2v) is 13.5. The summed E-state index contributed by atoms with van der Waals surface area (Å²) < 4.78 is 14.1. The Bertz CT molecular complexity index is 1830. The van der Waals surface area contributed by atoms with Crippen LogP contribution in [0.5, 0.6) is 11.5 Å². The van der Waals surface area contributed by atoms with Gasteiger partial charge in [0.1, 0.15) is 30.4 Å². The van der Waals surface area contributed by atoms with Crippen molar-refractivity contribution in [1.29, 1.82) is 0 Å². The molecule has 0 saturated heterocycles. The van der Waals surface area contributed by atoms with Gasteiger partial charge in [0.15, 0.2) is 12.3 Å². The Labute approximate surface area is 294 Å². The lowest BCUT2D eigenvalue weighted by Gasteiger charge is -2.35. The summed E-state index contributed by atoms with van der Waals surface area (Å²) in [6, 6.07) is 7.64. The number of phenolic OH excluding ortho intramolecular Hbond substituents is 1. The lowest BCUT2D eigenvalue weighted by atomic mass is 9.69. The van der Waals surface area contributed by atoms with Crippen molar-refractivity contribution in [2.45, 2.75) is 73.8 Å². The van der Waals surface area contributed by atoms with Crippen LogP contribution in [0.3, 0.4) is 0 Å². The van der Waals surface area contributed by atoms with Crippen LogP contribution in [0, 0.1) is 32.6 Å². The summed E-state index contributed by atoms with van der Waals surface area (Å²) in [6.45, 7) is 17.7. The summed E-state index contributed by atoms with van der Waals surface area (Å²) in [5.74, 6) is -1.35. The standard InChI is InChI=1S/C40H49N3O7/c1-9-42(10-2)28-14-12-27(13-15-28)33-36(46)34(37(33)47)31-17-16-29(22-32(31)41-26(7)44)43(11-3)20-21-49-39(48)40(8)19-18-30-25(6)35(45)23(4)24(5)38(30)50-40/h12-17,22,31,34H,9-11,18-21H2,1-8H3,(H2,45,46,47)/p+1. The average Bonchev–Trinajstić information content (AvgIpc) is 3.10. The van der Waals surface area contributed by atoms with Crippen LogP contribution in [-0.4, -0.2) is 76.5 Å². The molecule has 5 rings (SSSR count). The zero-order chi connectivity index (χ0) is 36.5. The maximum Gasteiger partial charge on any atom is 0.350 e. The van der Waals surface area contributed by atoms with E-state index in [1.165, 1.54) is 6.92 Å². The van der Waals surface area contributed by atoms with Gasteiger partial charge in [-0.15, -0.1) is 0 Å². The second-order valence-electron chi connectivity index (χ2n) is 13.5. The van der Waals surface area contributed by atoms with Crippen molar-refractivity contribution in [1.82, 2.24) is 5.32 Å². The van der Waals surface area contributed by atoms with Gasteiger partial charge in [-0.1, -0.05) is 18.2 Å². The number of carbonyl (C=O) groups excluding carboxylic acids is 3. The zero-order valence-corrected chi connectivity index (χ0v) is 30.5. The van der Waals surface area contributed by atoms with Crippen LogP contribution in [0.25, 0.3) is 5.57 Å². The molecule has 0 radical (unpaired) electrons. The number of nitrogens with zero attached hydrogens (tertiary/aromatic N) is 2. The number of ketones is 1. The molecule has 0 aromatic heterocycles. The summed E-state index contributed by atoms with van der Waals surface area (Å²) in [7, 11) is 0. The van der Waals surface area contributed by atoms with Crippen molar-refractivity contribution in [3.05, 3.63) is 81.8 Å². The number of aromatic hydroxyl groups is 1. The molecule has 3 unspecified atom stereocenters. The number of phenols is 1. The highest BCUT2D eigenvalue weighted by atomic mass is 16.6. The number of esters is 1. The fourth-order valence-corrected chi connectivity index (χ4v) is 7.22. The quantitative estimate of drug-likeness (QED) is 0.205. The Hall–Kier alpha value is -4.86. The van der Waals surface area contributed by atoms with E-state index in [9.17, 15) is 24.6 Å². The first-order chi connectivity index (χ1) is 23.8. The van der Waals surface area contributed by atoms with Gasteiger partial charge in [0.05, 0.1) is 11.5 Å². The zero-order valence-electron chi connectivity index (χ0n) is 30.5. The Morgan fingerprint density at radius 2 is 1.74 bits per heavy atom. The van der Waals surface area contributed by atoms with Crippen molar-refractivity contribution in [3.8, 4) is 11.5 Å². The summed E-state index contributed by atoms with van der Waals surface area (Å²) in [4.78, 5) is 41.3. The number of nitrogens with one attached hydrogen (secondary N) is 1. The van der Waals surface area contributed by atoms with Crippen molar-refractivity contribution in [3.63, 3.8) is 0 Å². The molecule has 10 nitrogen and oxygen atoms in total. The van der Waals surface area contributed by atoms with Crippen LogP contribution < -0.4 is 15.0 Å². The average molecular weight is 685 g/mol. The number of aliphatic hydroxyl groups is 1. The Morgan fingerprint density at radius 3 is 2.34 bits per heavy atom. The minimum Gasteiger partial charge on any atom is -0.511 e. The van der Waals surface area contributed by atoms with Crippen LogP contribution in [0.15, 0.2) is 53.9 Å². The minimum absolute atomic E-state index is 0.0116. The maximum absolute atomic E-state index is 13.5. The number of amides is 1. The van der Waals surface area contributed by atoms with Gasteiger partial charge in [-0.2, -0.15) is 0 Å². The number of Topliss-reactive ketones (excluding diaryl/α,β-unsaturated/α-hetero) is 1. The molecule has 2 aromatic rings. The normalized spacial score (nSPS) is 22.2. The SMILES string of the molecule is CCN(CC)c1ccc(C2=C(O)C(C3C=CC(=[N+](CC)CCOC(=O)C4(C)CCc5c(C)c(O)c(C)c(C)c5O4)C=C3NC(C)=O)C2=O)cc1. The first kappa shape index (κ1) is 36.4. The number of anilines is 1. The van der Waals surface area contributed by atoms with Crippen LogP contribution >= 0.6 is 0 Å². The molecule has 10 heteroatoms. The van der Waals surface area contributed by atoms with Gasteiger partial charge in [0, 0.05) is 61.5 Å². The molecule has 50 heavy (non-hydrogen) atoms. The molecule has 1 amide bonds. The molecule has 0 spiro atoms. The minimum atomic E-state index is -1.16. The van der Waals surface area contributed by atoms with Gasteiger partial charge in [0.2, 0.25) is 17.2 Å². The molecule has 0 fully saturated rings. The Kier molecular flexibility index (Phi) is 10.6. The van der Waals surface area contributed by atoms with Crippen LogP contribution in [0.4, 0.5) is 5.69 Å². The number of allylic oxidation sites excluding steroid dienone is 5. The van der Waals surface area contributed by atoms with Crippen molar-refractivity contribution in [2.75, 3.05) is 37.7 Å². The molecule has 3 aliphatic rings. The number of carbonyl (C=O) groups is 3. The number of benzene rings is 2.